The quantitative estimate of drug-likeness (QED) is 0.716. The number of nitrogens with zero attached hydrogens (tertiary/aromatic N) is 2. The molecule has 1 aromatic heterocycles. The highest BCUT2D eigenvalue weighted by molar-refractivity contribution is 7.89. The Labute approximate surface area is 179 Å². The van der Waals surface area contributed by atoms with Crippen molar-refractivity contribution in [2.24, 2.45) is 5.92 Å². The number of nitrogens with one attached hydrogen (secondary N) is 2. The Morgan fingerprint density at radius 2 is 2.00 bits per heavy atom. The predicted molar refractivity (Wildman–Crippen MR) is 112 cm³/mol. The van der Waals surface area contributed by atoms with E-state index in [2.05, 4.69) is 15.8 Å². The van der Waals surface area contributed by atoms with Crippen LogP contribution in [-0.2, 0) is 19.6 Å². The van der Waals surface area contributed by atoms with Gasteiger partial charge in [0, 0.05) is 25.7 Å². The zero-order chi connectivity index (χ0) is 22.1. The van der Waals surface area contributed by atoms with E-state index in [-0.39, 0.29) is 34.0 Å². The van der Waals surface area contributed by atoms with Gasteiger partial charge in [-0.3, -0.25) is 9.59 Å². The Hall–Kier alpha value is -2.43. The van der Waals surface area contributed by atoms with Gasteiger partial charge < -0.3 is 15.2 Å². The van der Waals surface area contributed by atoms with Gasteiger partial charge in [0.2, 0.25) is 21.8 Å². The van der Waals surface area contributed by atoms with Gasteiger partial charge in [0.1, 0.15) is 10.6 Å². The van der Waals surface area contributed by atoms with E-state index in [4.69, 9.17) is 16.1 Å². The molecule has 1 aliphatic heterocycles. The predicted octanol–water partition coefficient (Wildman–Crippen LogP) is 2.94. The Balaban J connectivity index is 1.73. The molecule has 2 N–H and O–H groups in total. The van der Waals surface area contributed by atoms with Crippen LogP contribution in [-0.4, -0.2) is 42.8 Å². The van der Waals surface area contributed by atoms with Gasteiger partial charge in [-0.15, -0.1) is 0 Å². The second-order valence-electron chi connectivity index (χ2n) is 7.22. The van der Waals surface area contributed by atoms with Gasteiger partial charge in [0.05, 0.1) is 16.6 Å². The van der Waals surface area contributed by atoms with Crippen LogP contribution < -0.4 is 10.6 Å². The number of carbonyl (C=O) groups is 2. The van der Waals surface area contributed by atoms with Crippen molar-refractivity contribution in [2.45, 2.75) is 38.5 Å². The highest BCUT2D eigenvalue weighted by Gasteiger charge is 2.36. The van der Waals surface area contributed by atoms with Gasteiger partial charge in [-0.1, -0.05) is 16.8 Å². The summed E-state index contributed by atoms with van der Waals surface area (Å²) in [6.07, 6.45) is 1.11. The number of benzene rings is 1. The number of aryl methyl sites for hydroxylation is 2. The molecule has 1 unspecified atom stereocenters. The van der Waals surface area contributed by atoms with E-state index in [1.165, 1.54) is 17.3 Å². The van der Waals surface area contributed by atoms with Crippen LogP contribution in [0.15, 0.2) is 27.6 Å². The van der Waals surface area contributed by atoms with Crippen LogP contribution in [0.5, 0.6) is 0 Å². The molecule has 1 fully saturated rings. The van der Waals surface area contributed by atoms with Gasteiger partial charge in [0.15, 0.2) is 5.76 Å². The van der Waals surface area contributed by atoms with E-state index in [1.54, 1.807) is 26.0 Å². The van der Waals surface area contributed by atoms with Gasteiger partial charge in [-0.05, 0) is 44.9 Å². The van der Waals surface area contributed by atoms with Crippen molar-refractivity contribution in [3.05, 3.63) is 34.7 Å². The summed E-state index contributed by atoms with van der Waals surface area (Å²) >= 11 is 6.21. The summed E-state index contributed by atoms with van der Waals surface area (Å²) in [7, 11) is -3.81. The summed E-state index contributed by atoms with van der Waals surface area (Å²) in [5, 5.41) is 9.36. The van der Waals surface area contributed by atoms with Crippen LogP contribution in [0.25, 0.3) is 0 Å². The molecule has 11 heteroatoms. The van der Waals surface area contributed by atoms with Crippen molar-refractivity contribution in [3.8, 4) is 0 Å². The molecule has 9 nitrogen and oxygen atoms in total. The molecule has 0 radical (unpaired) electrons. The molecule has 1 saturated heterocycles. The minimum absolute atomic E-state index is 0.0554. The number of anilines is 2. The maximum Gasteiger partial charge on any atom is 0.248 e. The first kappa shape index (κ1) is 22.3. The minimum atomic E-state index is -3.81. The lowest BCUT2D eigenvalue weighted by atomic mass is 9.98. The summed E-state index contributed by atoms with van der Waals surface area (Å²) in [6.45, 7) is 4.88. The van der Waals surface area contributed by atoms with Crippen LogP contribution in [0.4, 0.5) is 11.4 Å². The molecule has 30 heavy (non-hydrogen) atoms. The second-order valence-corrected chi connectivity index (χ2v) is 9.50. The SMILES string of the molecule is CC(=O)Nc1ccc(NC(=O)C2CCCN(S(=O)(=O)c3c(C)noc3C)C2)c(Cl)c1. The summed E-state index contributed by atoms with van der Waals surface area (Å²) in [5.74, 6) is -0.849. The highest BCUT2D eigenvalue weighted by atomic mass is 35.5. The fraction of sp³-hybridized carbons (Fsp3) is 0.421. The van der Waals surface area contributed by atoms with Crippen LogP contribution in [0.1, 0.15) is 31.2 Å². The van der Waals surface area contributed by atoms with Gasteiger partial charge in [-0.25, -0.2) is 8.42 Å². The molecular formula is C19H23ClN4O5S. The van der Waals surface area contributed by atoms with Crippen molar-refractivity contribution >= 4 is 44.8 Å². The number of aromatic nitrogens is 1. The Morgan fingerprint density at radius 3 is 2.60 bits per heavy atom. The lowest BCUT2D eigenvalue weighted by Crippen LogP contribution is -2.43. The summed E-state index contributed by atoms with van der Waals surface area (Å²) in [4.78, 5) is 24.0. The fourth-order valence-electron chi connectivity index (χ4n) is 3.48. The summed E-state index contributed by atoms with van der Waals surface area (Å²) in [5.41, 5.74) is 1.20. The van der Waals surface area contributed by atoms with Crippen molar-refractivity contribution in [1.29, 1.82) is 0 Å². The number of carbonyl (C=O) groups excluding carboxylic acids is 2. The van der Waals surface area contributed by atoms with Crippen molar-refractivity contribution in [2.75, 3.05) is 23.7 Å². The van der Waals surface area contributed by atoms with Crippen LogP contribution in [0, 0.1) is 19.8 Å². The maximum absolute atomic E-state index is 13.0. The van der Waals surface area contributed by atoms with Gasteiger partial charge in [-0.2, -0.15) is 4.31 Å². The average Bonchev–Trinajstić information content (AvgIpc) is 3.02. The molecule has 3 rings (SSSR count). The van der Waals surface area contributed by atoms with E-state index in [0.717, 1.165) is 0 Å². The van der Waals surface area contributed by atoms with Crippen LogP contribution >= 0.6 is 11.6 Å². The molecule has 0 aliphatic carbocycles. The number of sulfonamides is 1. The Kier molecular flexibility index (Phi) is 6.49. The highest BCUT2D eigenvalue weighted by Crippen LogP contribution is 2.30. The van der Waals surface area contributed by atoms with Crippen LogP contribution in [0.2, 0.25) is 5.02 Å². The van der Waals surface area contributed by atoms with E-state index in [0.29, 0.717) is 36.5 Å². The Morgan fingerprint density at radius 1 is 1.27 bits per heavy atom. The third kappa shape index (κ3) is 4.66. The zero-order valence-corrected chi connectivity index (χ0v) is 18.4. The minimum Gasteiger partial charge on any atom is -0.360 e. The topological polar surface area (TPSA) is 122 Å². The number of hydrogen-bond acceptors (Lipinski definition) is 6. The maximum atomic E-state index is 13.0. The third-order valence-electron chi connectivity index (χ3n) is 4.87. The Bertz CT molecular complexity index is 1060. The largest absolute Gasteiger partial charge is 0.360 e. The number of amides is 2. The average molecular weight is 455 g/mol. The van der Waals surface area contributed by atoms with E-state index in [1.807, 2.05) is 0 Å². The molecule has 2 heterocycles. The lowest BCUT2D eigenvalue weighted by Gasteiger charge is -2.31. The number of halogens is 1. The van der Waals surface area contributed by atoms with Gasteiger partial charge in [0.25, 0.3) is 0 Å². The molecule has 1 atom stereocenters. The monoisotopic (exact) mass is 454 g/mol. The molecule has 1 aromatic carbocycles. The van der Waals surface area contributed by atoms with Gasteiger partial charge >= 0.3 is 0 Å². The molecule has 1 aliphatic rings. The van der Waals surface area contributed by atoms with Crippen molar-refractivity contribution in [3.63, 3.8) is 0 Å². The molecule has 0 spiro atoms. The van der Waals surface area contributed by atoms with E-state index >= 15 is 0 Å². The molecule has 0 bridgehead atoms. The molecule has 0 saturated carbocycles. The van der Waals surface area contributed by atoms with Crippen molar-refractivity contribution in [1.82, 2.24) is 9.46 Å². The third-order valence-corrected chi connectivity index (χ3v) is 7.29. The molecule has 2 amide bonds. The zero-order valence-electron chi connectivity index (χ0n) is 16.9. The number of piperidine rings is 1. The van der Waals surface area contributed by atoms with E-state index in [9.17, 15) is 18.0 Å². The van der Waals surface area contributed by atoms with Crippen molar-refractivity contribution < 1.29 is 22.5 Å². The summed E-state index contributed by atoms with van der Waals surface area (Å²) < 4.78 is 32.4. The second kappa shape index (κ2) is 8.75. The van der Waals surface area contributed by atoms with E-state index < -0.39 is 15.9 Å². The summed E-state index contributed by atoms with van der Waals surface area (Å²) in [6, 6.07) is 4.75. The fourth-order valence-corrected chi connectivity index (χ4v) is 5.52. The molecule has 2 aromatic rings. The number of rotatable bonds is 5. The van der Waals surface area contributed by atoms with Crippen LogP contribution in [0.3, 0.4) is 0 Å². The standard InChI is InChI=1S/C19H23ClN4O5S/c1-11-18(12(2)29-23-11)30(27,28)24-8-4-5-14(10-24)19(26)22-17-7-6-15(9-16(17)20)21-13(3)25/h6-7,9,14H,4-5,8,10H2,1-3H3,(H,21,25)(H,22,26). The number of hydrogen-bond donors (Lipinski definition) is 2. The normalized spacial score (nSPS) is 17.5. The first-order valence-electron chi connectivity index (χ1n) is 9.40. The molecular weight excluding hydrogens is 432 g/mol. The first-order chi connectivity index (χ1) is 14.1. The lowest BCUT2D eigenvalue weighted by molar-refractivity contribution is -0.121. The first-order valence-corrected chi connectivity index (χ1v) is 11.2. The molecule has 162 valence electrons. The smallest absolute Gasteiger partial charge is 0.248 e.